The summed E-state index contributed by atoms with van der Waals surface area (Å²) in [6.45, 7) is 0. The highest BCUT2D eigenvalue weighted by Gasteiger charge is 2.20. The highest BCUT2D eigenvalue weighted by atomic mass is 16.3. The van der Waals surface area contributed by atoms with E-state index in [1.165, 1.54) is 65.3 Å². The molecule has 0 saturated heterocycles. The Labute approximate surface area is 312 Å². The maximum absolute atomic E-state index is 6.30. The number of benzene rings is 9. The topological polar surface area (TPSA) is 29.3 Å². The Morgan fingerprint density at radius 2 is 0.815 bits per heavy atom. The fourth-order valence-corrected chi connectivity index (χ4v) is 8.25. The zero-order chi connectivity index (χ0) is 35.6. The molecule has 0 bridgehead atoms. The molecule has 3 heteroatoms. The lowest BCUT2D eigenvalue weighted by molar-refractivity contribution is 0.667. The van der Waals surface area contributed by atoms with E-state index in [1.54, 1.807) is 0 Å². The molecule has 2 heterocycles. The van der Waals surface area contributed by atoms with E-state index in [4.69, 9.17) is 4.42 Å². The predicted octanol–water partition coefficient (Wildman–Crippen LogP) is 14.4. The van der Waals surface area contributed by atoms with Crippen molar-refractivity contribution in [2.75, 3.05) is 4.90 Å². The predicted molar refractivity (Wildman–Crippen MR) is 227 cm³/mol. The van der Waals surface area contributed by atoms with Crippen molar-refractivity contribution in [3.05, 3.63) is 194 Å². The van der Waals surface area contributed by atoms with Gasteiger partial charge in [-0.15, -0.1) is 0 Å². The number of nitrogens with zero attached hydrogens (tertiary/aromatic N) is 2. The van der Waals surface area contributed by atoms with E-state index in [1.807, 2.05) is 24.5 Å². The summed E-state index contributed by atoms with van der Waals surface area (Å²) in [5, 5.41) is 12.2. The van der Waals surface area contributed by atoms with Crippen LogP contribution >= 0.6 is 0 Å². The number of hydrogen-bond acceptors (Lipinski definition) is 3. The van der Waals surface area contributed by atoms with Crippen molar-refractivity contribution in [2.24, 2.45) is 0 Å². The lowest BCUT2D eigenvalue weighted by atomic mass is 9.97. The van der Waals surface area contributed by atoms with Crippen LogP contribution in [0.2, 0.25) is 0 Å². The van der Waals surface area contributed by atoms with Crippen LogP contribution in [0, 0.1) is 0 Å². The van der Waals surface area contributed by atoms with Crippen LogP contribution in [0.3, 0.4) is 0 Å². The zero-order valence-corrected chi connectivity index (χ0v) is 29.3. The van der Waals surface area contributed by atoms with Gasteiger partial charge in [0, 0.05) is 16.8 Å². The minimum atomic E-state index is 0.763. The first-order valence-electron chi connectivity index (χ1n) is 18.3. The summed E-state index contributed by atoms with van der Waals surface area (Å²) in [5.41, 5.74) is 9.36. The Balaban J connectivity index is 1.01. The van der Waals surface area contributed by atoms with Gasteiger partial charge in [-0.2, -0.15) is 0 Å². The maximum atomic E-state index is 6.30. The first-order chi connectivity index (χ1) is 26.7. The zero-order valence-electron chi connectivity index (χ0n) is 29.3. The molecule has 0 spiro atoms. The van der Waals surface area contributed by atoms with E-state index in [2.05, 4.69) is 180 Å². The van der Waals surface area contributed by atoms with Crippen molar-refractivity contribution in [3.8, 4) is 22.3 Å². The van der Waals surface area contributed by atoms with Gasteiger partial charge in [0.05, 0.1) is 23.5 Å². The van der Waals surface area contributed by atoms with Gasteiger partial charge in [0.1, 0.15) is 5.58 Å². The van der Waals surface area contributed by atoms with E-state index in [0.717, 1.165) is 39.0 Å². The minimum absolute atomic E-state index is 0.763. The summed E-state index contributed by atoms with van der Waals surface area (Å²) in [4.78, 5) is 6.97. The van der Waals surface area contributed by atoms with Crippen molar-refractivity contribution in [2.45, 2.75) is 0 Å². The van der Waals surface area contributed by atoms with Crippen molar-refractivity contribution in [3.63, 3.8) is 0 Å². The molecular weight excluding hydrogens is 657 g/mol. The molecule has 0 radical (unpaired) electrons. The second kappa shape index (κ2) is 12.2. The number of aromatic nitrogens is 1. The quantitative estimate of drug-likeness (QED) is 0.169. The lowest BCUT2D eigenvalue weighted by Gasteiger charge is -2.26. The second-order valence-electron chi connectivity index (χ2n) is 14.0. The average Bonchev–Trinajstić information content (AvgIpc) is 3.63. The Hall–Kier alpha value is -7.23. The average molecular weight is 689 g/mol. The summed E-state index contributed by atoms with van der Waals surface area (Å²) >= 11 is 0. The first-order valence-corrected chi connectivity index (χ1v) is 18.3. The third-order valence-electron chi connectivity index (χ3n) is 10.9. The molecule has 0 saturated carbocycles. The number of rotatable bonds is 5. The van der Waals surface area contributed by atoms with Crippen LogP contribution in [0.25, 0.3) is 87.3 Å². The molecule has 11 aromatic rings. The number of para-hydroxylation sites is 1. The van der Waals surface area contributed by atoms with Crippen molar-refractivity contribution in [1.29, 1.82) is 0 Å². The number of anilines is 3. The van der Waals surface area contributed by atoms with Crippen molar-refractivity contribution >= 4 is 82.1 Å². The van der Waals surface area contributed by atoms with Crippen LogP contribution in [-0.4, -0.2) is 4.98 Å². The summed E-state index contributed by atoms with van der Waals surface area (Å²) in [6.07, 6.45) is 3.77. The van der Waals surface area contributed by atoms with Gasteiger partial charge < -0.3 is 9.32 Å². The van der Waals surface area contributed by atoms with Gasteiger partial charge in [-0.1, -0.05) is 140 Å². The van der Waals surface area contributed by atoms with Gasteiger partial charge in [-0.25, -0.2) is 0 Å². The smallest absolute Gasteiger partial charge is 0.155 e. The number of furan rings is 1. The monoisotopic (exact) mass is 688 g/mol. The Morgan fingerprint density at radius 1 is 0.352 bits per heavy atom. The summed E-state index contributed by atoms with van der Waals surface area (Å²) < 4.78 is 6.30. The van der Waals surface area contributed by atoms with Crippen LogP contribution in [-0.2, 0) is 0 Å². The molecule has 11 rings (SSSR count). The molecule has 0 aliphatic rings. The highest BCUT2D eigenvalue weighted by Crippen LogP contribution is 2.43. The normalized spacial score (nSPS) is 11.7. The number of pyridine rings is 1. The third-order valence-corrected chi connectivity index (χ3v) is 10.9. The molecular formula is C51H32N2O. The Bertz CT molecular complexity index is 3050. The maximum Gasteiger partial charge on any atom is 0.155 e. The molecule has 0 N–H and O–H groups in total. The molecule has 252 valence electrons. The van der Waals surface area contributed by atoms with E-state index in [9.17, 15) is 0 Å². The lowest BCUT2D eigenvalue weighted by Crippen LogP contribution is -2.10. The van der Waals surface area contributed by atoms with Gasteiger partial charge in [-0.3, -0.25) is 4.98 Å². The summed E-state index contributed by atoms with van der Waals surface area (Å²) in [7, 11) is 0. The van der Waals surface area contributed by atoms with Gasteiger partial charge in [0.2, 0.25) is 0 Å². The van der Waals surface area contributed by atoms with Crippen LogP contribution in [0.1, 0.15) is 0 Å². The number of hydrogen-bond donors (Lipinski definition) is 0. The van der Waals surface area contributed by atoms with Crippen molar-refractivity contribution in [1.82, 2.24) is 4.98 Å². The molecule has 3 nitrogen and oxygen atoms in total. The molecule has 54 heavy (non-hydrogen) atoms. The minimum Gasteiger partial charge on any atom is -0.454 e. The van der Waals surface area contributed by atoms with Crippen LogP contribution in [0.4, 0.5) is 17.1 Å². The molecule has 2 aromatic heterocycles. The molecule has 0 atom stereocenters. The van der Waals surface area contributed by atoms with E-state index in [0.29, 0.717) is 0 Å². The van der Waals surface area contributed by atoms with E-state index in [-0.39, 0.29) is 0 Å². The van der Waals surface area contributed by atoms with E-state index < -0.39 is 0 Å². The van der Waals surface area contributed by atoms with Gasteiger partial charge in [-0.05, 0) is 108 Å². The first kappa shape index (κ1) is 30.4. The van der Waals surface area contributed by atoms with Gasteiger partial charge >= 0.3 is 0 Å². The fourth-order valence-electron chi connectivity index (χ4n) is 8.25. The largest absolute Gasteiger partial charge is 0.454 e. The highest BCUT2D eigenvalue weighted by molar-refractivity contribution is 6.13. The SMILES string of the molecule is c1ccc2c(c1)ccc1cc(-c3ccc(N(c4ccc(-c5ccc6c(ccc7ccccc76)c5)cc4)c4cncc5oc6ccccc6c45)cc3)ccc12. The fraction of sp³-hybridized carbons (Fsp3) is 0. The van der Waals surface area contributed by atoms with Crippen LogP contribution in [0.5, 0.6) is 0 Å². The standard InChI is InChI=1S/C51H32N2O/c1-3-9-43-35(7-1)13-15-39-29-37(21-27-45(39)43)33-17-23-41(24-18-33)53(48-31-52-32-50-51(48)47-11-5-6-12-49(47)54-50)42-25-19-34(20-26-42)38-22-28-46-40(30-38)16-14-36-8-2-4-10-44(36)46/h1-32H. The summed E-state index contributed by atoms with van der Waals surface area (Å²) in [6, 6.07) is 65.6. The van der Waals surface area contributed by atoms with Crippen LogP contribution in [0.15, 0.2) is 199 Å². The molecule has 0 fully saturated rings. The molecule has 9 aromatic carbocycles. The molecule has 0 aliphatic heterocycles. The Morgan fingerprint density at radius 3 is 1.39 bits per heavy atom. The van der Waals surface area contributed by atoms with Gasteiger partial charge in [0.15, 0.2) is 5.58 Å². The Kier molecular flexibility index (Phi) is 6.86. The third kappa shape index (κ3) is 4.94. The second-order valence-corrected chi connectivity index (χ2v) is 14.0. The molecule has 0 amide bonds. The molecule has 0 unspecified atom stereocenters. The van der Waals surface area contributed by atoms with Crippen LogP contribution < -0.4 is 4.90 Å². The van der Waals surface area contributed by atoms with E-state index >= 15 is 0 Å². The molecule has 0 aliphatic carbocycles. The summed E-state index contributed by atoms with van der Waals surface area (Å²) in [5.74, 6) is 0. The van der Waals surface area contributed by atoms with Gasteiger partial charge in [0.25, 0.3) is 0 Å². The van der Waals surface area contributed by atoms with Crippen molar-refractivity contribution < 1.29 is 4.42 Å². The number of fused-ring (bicyclic) bond motifs is 9.